The first-order valence-electron chi connectivity index (χ1n) is 5.96. The first kappa shape index (κ1) is 10.3. The van der Waals surface area contributed by atoms with Crippen LogP contribution < -0.4 is 4.74 Å². The minimum absolute atomic E-state index is 0.796. The van der Waals surface area contributed by atoms with Crippen molar-refractivity contribution in [1.82, 2.24) is 0 Å². The lowest BCUT2D eigenvalue weighted by Gasteiger charge is -2.26. The van der Waals surface area contributed by atoms with Crippen LogP contribution in [0.1, 0.15) is 30.4 Å². The van der Waals surface area contributed by atoms with Crippen molar-refractivity contribution in [2.45, 2.75) is 26.2 Å². The predicted molar refractivity (Wildman–Crippen MR) is 66.7 cm³/mol. The lowest BCUT2D eigenvalue weighted by atomic mass is 9.90. The second-order valence-electron chi connectivity index (χ2n) is 4.58. The summed E-state index contributed by atoms with van der Waals surface area (Å²) < 4.78 is 5.90. The van der Waals surface area contributed by atoms with Crippen molar-refractivity contribution in [3.8, 4) is 5.75 Å². The molecule has 0 N–H and O–H groups in total. The molecule has 1 aromatic carbocycles. The van der Waals surface area contributed by atoms with Gasteiger partial charge in [-0.3, -0.25) is 4.79 Å². The van der Waals surface area contributed by atoms with Gasteiger partial charge in [-0.1, -0.05) is 12.1 Å². The third-order valence-electron chi connectivity index (χ3n) is 3.43. The molecule has 0 aromatic heterocycles. The van der Waals surface area contributed by atoms with Crippen LogP contribution in [0.15, 0.2) is 35.1 Å². The number of allylic oxidation sites excluding steroid dienone is 2. The van der Waals surface area contributed by atoms with Crippen LogP contribution in [0.3, 0.4) is 0 Å². The van der Waals surface area contributed by atoms with Crippen LogP contribution in [0.25, 0.3) is 6.08 Å². The Morgan fingerprint density at radius 3 is 3.00 bits per heavy atom. The van der Waals surface area contributed by atoms with Crippen LogP contribution >= 0.6 is 0 Å². The van der Waals surface area contributed by atoms with Gasteiger partial charge in [0.1, 0.15) is 17.8 Å². The van der Waals surface area contributed by atoms with Gasteiger partial charge in [0.2, 0.25) is 0 Å². The second-order valence-corrected chi connectivity index (χ2v) is 4.58. The standard InChI is InChI=1S/C15H14O2/c1-10-4-2-7-14-13(10)8-11-5-3-6-12(9-16)15(11)17-14/h2,4,7-9H,3,5-6H2,1H3. The van der Waals surface area contributed by atoms with Gasteiger partial charge in [-0.2, -0.15) is 0 Å². The zero-order chi connectivity index (χ0) is 11.8. The number of rotatable bonds is 1. The molecule has 86 valence electrons. The Hall–Kier alpha value is -1.83. The summed E-state index contributed by atoms with van der Waals surface area (Å²) >= 11 is 0. The molecule has 2 heteroatoms. The molecule has 3 rings (SSSR count). The maximum absolute atomic E-state index is 11.0. The van der Waals surface area contributed by atoms with Gasteiger partial charge in [0.15, 0.2) is 0 Å². The van der Waals surface area contributed by atoms with E-state index in [-0.39, 0.29) is 0 Å². The fourth-order valence-electron chi connectivity index (χ4n) is 2.50. The van der Waals surface area contributed by atoms with Crippen molar-refractivity contribution in [2.75, 3.05) is 0 Å². The highest BCUT2D eigenvalue weighted by Crippen LogP contribution is 2.39. The van der Waals surface area contributed by atoms with E-state index in [0.717, 1.165) is 48.2 Å². The number of carbonyl (C=O) groups excluding carboxylic acids is 1. The Morgan fingerprint density at radius 2 is 2.18 bits per heavy atom. The molecule has 1 aliphatic carbocycles. The molecular formula is C15H14O2. The Kier molecular flexibility index (Phi) is 2.36. The van der Waals surface area contributed by atoms with E-state index in [2.05, 4.69) is 19.1 Å². The average Bonchev–Trinajstić information content (AvgIpc) is 2.36. The fraction of sp³-hybridized carbons (Fsp3) is 0.267. The van der Waals surface area contributed by atoms with Crippen LogP contribution in [0.5, 0.6) is 5.75 Å². The maximum atomic E-state index is 11.0. The van der Waals surface area contributed by atoms with Gasteiger partial charge in [0, 0.05) is 11.1 Å². The monoisotopic (exact) mass is 226 g/mol. The van der Waals surface area contributed by atoms with E-state index in [9.17, 15) is 4.79 Å². The minimum atomic E-state index is 0.796. The molecule has 0 spiro atoms. The summed E-state index contributed by atoms with van der Waals surface area (Å²) in [6.45, 7) is 2.08. The summed E-state index contributed by atoms with van der Waals surface area (Å²) in [5.74, 6) is 1.66. The predicted octanol–water partition coefficient (Wildman–Crippen LogP) is 3.41. The highest BCUT2D eigenvalue weighted by atomic mass is 16.5. The van der Waals surface area contributed by atoms with E-state index in [1.165, 1.54) is 11.1 Å². The van der Waals surface area contributed by atoms with E-state index < -0.39 is 0 Å². The zero-order valence-corrected chi connectivity index (χ0v) is 9.82. The molecule has 1 aliphatic heterocycles. The number of hydrogen-bond donors (Lipinski definition) is 0. The van der Waals surface area contributed by atoms with E-state index in [0.29, 0.717) is 0 Å². The molecular weight excluding hydrogens is 212 g/mol. The van der Waals surface area contributed by atoms with Crippen LogP contribution in [-0.2, 0) is 4.79 Å². The van der Waals surface area contributed by atoms with E-state index in [4.69, 9.17) is 4.74 Å². The van der Waals surface area contributed by atoms with Crippen LogP contribution in [0.4, 0.5) is 0 Å². The van der Waals surface area contributed by atoms with Crippen molar-refractivity contribution in [1.29, 1.82) is 0 Å². The Morgan fingerprint density at radius 1 is 1.29 bits per heavy atom. The van der Waals surface area contributed by atoms with Crippen molar-refractivity contribution in [3.63, 3.8) is 0 Å². The average molecular weight is 226 g/mol. The topological polar surface area (TPSA) is 26.3 Å². The minimum Gasteiger partial charge on any atom is -0.456 e. The number of aryl methyl sites for hydroxylation is 1. The van der Waals surface area contributed by atoms with E-state index in [1.54, 1.807) is 0 Å². The zero-order valence-electron chi connectivity index (χ0n) is 9.82. The SMILES string of the molecule is Cc1cccc2c1C=C1CCCC(C=O)=C1O2. The van der Waals surface area contributed by atoms with Crippen molar-refractivity contribution in [3.05, 3.63) is 46.2 Å². The van der Waals surface area contributed by atoms with Gasteiger partial charge in [-0.15, -0.1) is 0 Å². The van der Waals surface area contributed by atoms with Gasteiger partial charge in [0.25, 0.3) is 0 Å². The molecule has 17 heavy (non-hydrogen) atoms. The molecule has 0 radical (unpaired) electrons. The molecule has 0 saturated carbocycles. The van der Waals surface area contributed by atoms with E-state index >= 15 is 0 Å². The van der Waals surface area contributed by atoms with Gasteiger partial charge in [0.05, 0.1) is 0 Å². The first-order chi connectivity index (χ1) is 8.29. The molecule has 0 fully saturated rings. The van der Waals surface area contributed by atoms with Crippen LogP contribution in [0, 0.1) is 6.92 Å². The molecule has 1 heterocycles. The Balaban J connectivity index is 2.19. The van der Waals surface area contributed by atoms with E-state index in [1.807, 2.05) is 12.1 Å². The van der Waals surface area contributed by atoms with Crippen molar-refractivity contribution < 1.29 is 9.53 Å². The van der Waals surface area contributed by atoms with Gasteiger partial charge < -0.3 is 4.74 Å². The van der Waals surface area contributed by atoms with Gasteiger partial charge in [-0.25, -0.2) is 0 Å². The molecule has 1 aromatic rings. The Bertz CT molecular complexity index is 550. The molecule has 0 bridgehead atoms. The molecule has 2 aliphatic rings. The number of ether oxygens (including phenoxy) is 1. The first-order valence-corrected chi connectivity index (χ1v) is 5.96. The summed E-state index contributed by atoms with van der Waals surface area (Å²) in [4.78, 5) is 11.0. The summed E-state index contributed by atoms with van der Waals surface area (Å²) in [5, 5.41) is 0. The third kappa shape index (κ3) is 1.60. The number of benzene rings is 1. The summed E-state index contributed by atoms with van der Waals surface area (Å²) in [5.41, 5.74) is 4.33. The van der Waals surface area contributed by atoms with Crippen LogP contribution in [0.2, 0.25) is 0 Å². The largest absolute Gasteiger partial charge is 0.456 e. The highest BCUT2D eigenvalue weighted by molar-refractivity contribution is 5.80. The molecule has 0 atom stereocenters. The molecule has 0 unspecified atom stereocenters. The molecule has 2 nitrogen and oxygen atoms in total. The van der Waals surface area contributed by atoms with Crippen molar-refractivity contribution in [2.24, 2.45) is 0 Å². The number of carbonyl (C=O) groups is 1. The summed E-state index contributed by atoms with van der Waals surface area (Å²) in [6, 6.07) is 6.02. The normalized spacial score (nSPS) is 17.8. The Labute approximate surface area is 101 Å². The number of aldehydes is 1. The lowest BCUT2D eigenvalue weighted by Crippen LogP contribution is -2.13. The summed E-state index contributed by atoms with van der Waals surface area (Å²) in [7, 11) is 0. The summed E-state index contributed by atoms with van der Waals surface area (Å²) in [6.07, 6.45) is 5.97. The van der Waals surface area contributed by atoms with Crippen LogP contribution in [-0.4, -0.2) is 6.29 Å². The smallest absolute Gasteiger partial charge is 0.149 e. The number of hydrogen-bond acceptors (Lipinski definition) is 2. The van der Waals surface area contributed by atoms with Gasteiger partial charge in [-0.05, 0) is 49.5 Å². The molecule has 0 saturated heterocycles. The number of fused-ring (bicyclic) bond motifs is 2. The van der Waals surface area contributed by atoms with Gasteiger partial charge >= 0.3 is 0 Å². The lowest BCUT2D eigenvalue weighted by molar-refractivity contribution is -0.105. The quantitative estimate of drug-likeness (QED) is 0.686. The fourth-order valence-corrected chi connectivity index (χ4v) is 2.50. The maximum Gasteiger partial charge on any atom is 0.149 e. The van der Waals surface area contributed by atoms with Crippen molar-refractivity contribution >= 4 is 12.4 Å². The highest BCUT2D eigenvalue weighted by Gasteiger charge is 2.24. The third-order valence-corrected chi connectivity index (χ3v) is 3.43. The second kappa shape index (κ2) is 3.88. The molecule has 0 amide bonds.